The Bertz CT molecular complexity index is 1110. The average Bonchev–Trinajstić information content (AvgIpc) is 3.09. The smallest absolute Gasteiger partial charge is 0.475 e. The number of rotatable bonds is 4. The maximum Gasteiger partial charge on any atom is 0.490 e. The van der Waals surface area contributed by atoms with Crippen molar-refractivity contribution in [3.05, 3.63) is 41.3 Å². The van der Waals surface area contributed by atoms with Crippen molar-refractivity contribution in [2.24, 2.45) is 0 Å². The summed E-state index contributed by atoms with van der Waals surface area (Å²) in [6.07, 6.45) is -8.69. The maximum atomic E-state index is 13.5. The highest BCUT2D eigenvalue weighted by molar-refractivity contribution is 5.78. The first-order chi connectivity index (χ1) is 17.8. The lowest BCUT2D eigenvalue weighted by molar-refractivity contribution is -0.193. The predicted octanol–water partition coefficient (Wildman–Crippen LogP) is 3.75. The van der Waals surface area contributed by atoms with Crippen LogP contribution in [0.3, 0.4) is 0 Å². The molecule has 0 atom stereocenters. The van der Waals surface area contributed by atoms with E-state index in [0.29, 0.717) is 25.7 Å². The van der Waals surface area contributed by atoms with Gasteiger partial charge >= 0.3 is 24.3 Å². The van der Waals surface area contributed by atoms with Gasteiger partial charge < -0.3 is 15.1 Å². The number of fused-ring (bicyclic) bond motifs is 1. The Labute approximate surface area is 218 Å². The zero-order valence-electron chi connectivity index (χ0n) is 21.0. The molecule has 0 saturated carbocycles. The number of carboxylic acid groups (broad SMARTS) is 2. The van der Waals surface area contributed by atoms with Crippen molar-refractivity contribution in [2.75, 3.05) is 26.7 Å². The molecule has 0 spiro atoms. The molecule has 9 nitrogen and oxygen atoms in total. The van der Waals surface area contributed by atoms with Gasteiger partial charge in [0, 0.05) is 42.4 Å². The third kappa shape index (κ3) is 10.9. The zero-order valence-corrected chi connectivity index (χ0v) is 21.0. The van der Waals surface area contributed by atoms with Crippen LogP contribution in [0.15, 0.2) is 24.3 Å². The number of aromatic amines is 1. The van der Waals surface area contributed by atoms with Gasteiger partial charge in [0.25, 0.3) is 0 Å². The number of hydrogen-bond acceptors (Lipinski definition) is 5. The highest BCUT2D eigenvalue weighted by atomic mass is 19.4. The summed E-state index contributed by atoms with van der Waals surface area (Å²) < 4.78 is 77.0. The van der Waals surface area contributed by atoms with E-state index in [-0.39, 0.29) is 11.7 Å². The van der Waals surface area contributed by atoms with Crippen LogP contribution in [0, 0.1) is 5.82 Å². The van der Waals surface area contributed by atoms with Gasteiger partial charge in [0.05, 0.1) is 12.2 Å². The number of H-pyrrole nitrogens is 1. The minimum Gasteiger partial charge on any atom is -0.475 e. The fraction of sp³-hybridized carbons (Fsp3) is 0.478. The van der Waals surface area contributed by atoms with Crippen molar-refractivity contribution in [2.45, 2.75) is 45.1 Å². The Morgan fingerprint density at radius 2 is 1.54 bits per heavy atom. The van der Waals surface area contributed by atoms with Crippen LogP contribution in [0.25, 0.3) is 11.3 Å². The zero-order chi connectivity index (χ0) is 30.1. The summed E-state index contributed by atoms with van der Waals surface area (Å²) in [5.74, 6) is -5.63. The Kier molecular flexibility index (Phi) is 11.9. The molecule has 2 heterocycles. The summed E-state index contributed by atoms with van der Waals surface area (Å²) in [6.45, 7) is 5.94. The molecular weight excluding hydrogens is 545 g/mol. The van der Waals surface area contributed by atoms with E-state index in [0.717, 1.165) is 35.4 Å². The van der Waals surface area contributed by atoms with Gasteiger partial charge in [0.15, 0.2) is 0 Å². The van der Waals surface area contributed by atoms with Crippen LogP contribution in [-0.2, 0) is 27.2 Å². The summed E-state index contributed by atoms with van der Waals surface area (Å²) in [5.41, 5.74) is 3.71. The number of aromatic nitrogens is 2. The number of alkyl halides is 6. The number of halogens is 7. The van der Waals surface area contributed by atoms with E-state index in [2.05, 4.69) is 24.0 Å². The number of benzene rings is 1. The molecule has 0 saturated heterocycles. The first kappa shape index (κ1) is 33.3. The Hall–Kier alpha value is -3.69. The van der Waals surface area contributed by atoms with E-state index in [1.54, 1.807) is 6.07 Å². The lowest BCUT2D eigenvalue weighted by Gasteiger charge is -2.26. The molecule has 1 aliphatic rings. The number of carboxylic acids is 2. The van der Waals surface area contributed by atoms with Crippen molar-refractivity contribution in [3.8, 4) is 11.3 Å². The van der Waals surface area contributed by atoms with Gasteiger partial charge in [-0.1, -0.05) is 12.1 Å². The monoisotopic (exact) mass is 572 g/mol. The quantitative estimate of drug-likeness (QED) is 0.477. The van der Waals surface area contributed by atoms with E-state index >= 15 is 0 Å². The maximum absolute atomic E-state index is 13.5. The number of amides is 1. The third-order valence-electron chi connectivity index (χ3n) is 5.42. The molecule has 0 bridgehead atoms. The number of carbonyl (C=O) groups is 3. The molecule has 3 N–H and O–H groups in total. The molecule has 0 unspecified atom stereocenters. The molecule has 1 aromatic heterocycles. The molecule has 1 amide bonds. The molecular formula is C23H27F7N4O5. The van der Waals surface area contributed by atoms with Crippen molar-refractivity contribution in [1.29, 1.82) is 0 Å². The van der Waals surface area contributed by atoms with Crippen molar-refractivity contribution >= 4 is 17.8 Å². The number of likely N-dealkylation sites (N-methyl/N-ethyl adjacent to an activating group) is 1. The highest BCUT2D eigenvalue weighted by Crippen LogP contribution is 2.27. The van der Waals surface area contributed by atoms with E-state index in [4.69, 9.17) is 19.8 Å². The molecule has 0 aliphatic carbocycles. The van der Waals surface area contributed by atoms with Gasteiger partial charge in [0.2, 0.25) is 5.91 Å². The van der Waals surface area contributed by atoms with Gasteiger partial charge in [-0.3, -0.25) is 14.8 Å². The summed E-state index contributed by atoms with van der Waals surface area (Å²) in [5, 5.41) is 21.7. The van der Waals surface area contributed by atoms with Crippen LogP contribution in [0.4, 0.5) is 30.7 Å². The Morgan fingerprint density at radius 3 is 2.00 bits per heavy atom. The second kappa shape index (κ2) is 13.9. The first-order valence-electron chi connectivity index (χ1n) is 11.2. The van der Waals surface area contributed by atoms with Gasteiger partial charge in [-0.25, -0.2) is 14.0 Å². The molecule has 3 rings (SSSR count). The van der Waals surface area contributed by atoms with Gasteiger partial charge in [-0.2, -0.15) is 31.4 Å². The fourth-order valence-corrected chi connectivity index (χ4v) is 3.10. The summed E-state index contributed by atoms with van der Waals surface area (Å²) in [4.78, 5) is 34.3. The summed E-state index contributed by atoms with van der Waals surface area (Å²) >= 11 is 0. The topological polar surface area (TPSA) is 127 Å². The van der Waals surface area contributed by atoms with Crippen LogP contribution >= 0.6 is 0 Å². The number of carbonyl (C=O) groups excluding carboxylic acids is 1. The SMILES string of the molecule is CC(C)N(C)CC(=O)N1CCc2[nH]nc(-c3cccc(F)c3)c2CC1.O=C(O)C(F)(F)F.O=C(O)C(F)(F)F. The second-order valence-corrected chi connectivity index (χ2v) is 8.54. The summed E-state index contributed by atoms with van der Waals surface area (Å²) in [7, 11) is 1.97. The molecule has 218 valence electrons. The van der Waals surface area contributed by atoms with Gasteiger partial charge in [0.1, 0.15) is 5.82 Å². The lowest BCUT2D eigenvalue weighted by Crippen LogP contribution is -2.42. The van der Waals surface area contributed by atoms with Crippen LogP contribution in [0.2, 0.25) is 0 Å². The van der Waals surface area contributed by atoms with E-state index in [9.17, 15) is 35.5 Å². The van der Waals surface area contributed by atoms with Crippen molar-refractivity contribution in [1.82, 2.24) is 20.0 Å². The molecule has 0 radical (unpaired) electrons. The fourth-order valence-electron chi connectivity index (χ4n) is 3.10. The predicted molar refractivity (Wildman–Crippen MR) is 123 cm³/mol. The van der Waals surface area contributed by atoms with Crippen LogP contribution in [0.5, 0.6) is 0 Å². The molecule has 2 aromatic rings. The molecule has 39 heavy (non-hydrogen) atoms. The standard InChI is InChI=1S/C19H25FN4O.2C2HF3O2/c1-13(2)23(3)12-18(25)24-9-7-16-17(8-10-24)21-22-19(16)14-5-4-6-15(20)11-14;2*3-2(4,5)1(6)7/h4-6,11,13H,7-10,12H2,1-3H3,(H,21,22);2*(H,6,7). The minimum atomic E-state index is -5.08. The Morgan fingerprint density at radius 1 is 1.03 bits per heavy atom. The lowest BCUT2D eigenvalue weighted by atomic mass is 10.0. The van der Waals surface area contributed by atoms with Gasteiger partial charge in [-0.05, 0) is 39.4 Å². The largest absolute Gasteiger partial charge is 0.490 e. The number of aliphatic carboxylic acids is 2. The highest BCUT2D eigenvalue weighted by Gasteiger charge is 2.38. The van der Waals surface area contributed by atoms with E-state index in [1.807, 2.05) is 22.9 Å². The first-order valence-corrected chi connectivity index (χ1v) is 11.2. The van der Waals surface area contributed by atoms with Crippen LogP contribution in [0.1, 0.15) is 25.1 Å². The van der Waals surface area contributed by atoms with Crippen molar-refractivity contribution in [3.63, 3.8) is 0 Å². The van der Waals surface area contributed by atoms with Crippen molar-refractivity contribution < 1.29 is 55.3 Å². The molecule has 1 aliphatic heterocycles. The second-order valence-electron chi connectivity index (χ2n) is 8.54. The average molecular weight is 572 g/mol. The van der Waals surface area contributed by atoms with Crippen LogP contribution in [-0.4, -0.2) is 93.1 Å². The minimum absolute atomic E-state index is 0.154. The molecule has 0 fully saturated rings. The molecule has 1 aromatic carbocycles. The van der Waals surface area contributed by atoms with E-state index in [1.165, 1.54) is 12.1 Å². The van der Waals surface area contributed by atoms with Gasteiger partial charge in [-0.15, -0.1) is 0 Å². The normalized spacial score (nSPS) is 13.5. The number of nitrogens with one attached hydrogen (secondary N) is 1. The number of hydrogen-bond donors (Lipinski definition) is 3. The Balaban J connectivity index is 0.000000449. The molecule has 16 heteroatoms. The number of nitrogens with zero attached hydrogens (tertiary/aromatic N) is 3. The van der Waals surface area contributed by atoms with Crippen LogP contribution < -0.4 is 0 Å². The van der Waals surface area contributed by atoms with E-state index < -0.39 is 24.3 Å². The summed E-state index contributed by atoms with van der Waals surface area (Å²) in [6, 6.07) is 6.83. The third-order valence-corrected chi connectivity index (χ3v) is 5.42.